The summed E-state index contributed by atoms with van der Waals surface area (Å²) in [7, 11) is 3.46. The highest BCUT2D eigenvalue weighted by atomic mass is 16.5. The highest BCUT2D eigenvalue weighted by Gasteiger charge is 1.87. The molecule has 0 atom stereocenters. The number of rotatable bonds is 1. The minimum atomic E-state index is 0.590. The van der Waals surface area contributed by atoms with E-state index in [1.165, 1.54) is 0 Å². The zero-order valence-corrected chi connectivity index (χ0v) is 7.56. The number of hydrogen-bond donors (Lipinski definition) is 1. The van der Waals surface area contributed by atoms with Crippen molar-refractivity contribution in [2.45, 2.75) is 20.8 Å². The third kappa shape index (κ3) is 7.27. The van der Waals surface area contributed by atoms with Crippen molar-refractivity contribution >= 4 is 6.02 Å². The molecule has 0 heterocycles. The molecule has 0 aliphatic rings. The number of amidine groups is 1. The fourth-order valence-corrected chi connectivity index (χ4v) is 0.385. The molecule has 0 unspecified atom stereocenters. The van der Waals surface area contributed by atoms with E-state index in [1.54, 1.807) is 14.1 Å². The van der Waals surface area contributed by atoms with E-state index in [0.717, 1.165) is 0 Å². The molecule has 0 aromatic rings. The van der Waals surface area contributed by atoms with Gasteiger partial charge in [0.15, 0.2) is 0 Å². The van der Waals surface area contributed by atoms with Crippen molar-refractivity contribution in [1.29, 1.82) is 0 Å². The minimum Gasteiger partial charge on any atom is -0.466 e. The summed E-state index contributed by atoms with van der Waals surface area (Å²) in [6.07, 6.45) is 0. The Morgan fingerprint density at radius 1 is 1.50 bits per heavy atom. The predicted octanol–water partition coefficient (Wildman–Crippen LogP) is 1.25. The summed E-state index contributed by atoms with van der Waals surface area (Å²) in [5.41, 5.74) is 0. The molecular formula is C7H18N2O. The largest absolute Gasteiger partial charge is 0.466 e. The lowest BCUT2D eigenvalue weighted by Crippen LogP contribution is -2.21. The van der Waals surface area contributed by atoms with Crippen molar-refractivity contribution in [1.82, 2.24) is 5.32 Å². The van der Waals surface area contributed by atoms with Crippen LogP contribution in [0.5, 0.6) is 0 Å². The molecule has 0 aliphatic heterocycles. The van der Waals surface area contributed by atoms with Crippen LogP contribution in [0.25, 0.3) is 0 Å². The number of nitrogens with one attached hydrogen (secondary N) is 1. The van der Waals surface area contributed by atoms with Crippen LogP contribution in [0.1, 0.15) is 20.8 Å². The van der Waals surface area contributed by atoms with Crippen molar-refractivity contribution in [2.24, 2.45) is 4.99 Å². The Morgan fingerprint density at radius 2 is 2.00 bits per heavy atom. The van der Waals surface area contributed by atoms with E-state index in [0.29, 0.717) is 12.6 Å². The van der Waals surface area contributed by atoms with E-state index in [1.807, 2.05) is 20.8 Å². The molecule has 0 saturated carbocycles. The van der Waals surface area contributed by atoms with Crippen LogP contribution in [0.2, 0.25) is 0 Å². The predicted molar refractivity (Wildman–Crippen MR) is 45.4 cm³/mol. The van der Waals surface area contributed by atoms with Gasteiger partial charge in [-0.05, 0) is 6.92 Å². The van der Waals surface area contributed by atoms with Crippen molar-refractivity contribution < 1.29 is 4.74 Å². The molecule has 10 heavy (non-hydrogen) atoms. The monoisotopic (exact) mass is 146 g/mol. The van der Waals surface area contributed by atoms with E-state index in [-0.39, 0.29) is 0 Å². The molecule has 0 rings (SSSR count). The maximum absolute atomic E-state index is 4.98. The Bertz CT molecular complexity index is 81.7. The number of aliphatic imine (C=N–C) groups is 1. The summed E-state index contributed by atoms with van der Waals surface area (Å²) >= 11 is 0. The first-order valence-electron chi connectivity index (χ1n) is 3.62. The second-order valence-corrected chi connectivity index (χ2v) is 1.21. The van der Waals surface area contributed by atoms with Crippen LogP contribution in [0.15, 0.2) is 4.99 Å². The zero-order valence-electron chi connectivity index (χ0n) is 7.56. The lowest BCUT2D eigenvalue weighted by Gasteiger charge is -2.02. The Hall–Kier alpha value is -0.730. The molecule has 0 fully saturated rings. The van der Waals surface area contributed by atoms with Gasteiger partial charge in [-0.25, -0.2) is 4.99 Å². The molecule has 3 heteroatoms. The molecule has 0 aromatic heterocycles. The van der Waals surface area contributed by atoms with Crippen LogP contribution in [-0.2, 0) is 4.74 Å². The fraction of sp³-hybridized carbons (Fsp3) is 0.857. The summed E-state index contributed by atoms with van der Waals surface area (Å²) in [6, 6.07) is 0.590. The van der Waals surface area contributed by atoms with Gasteiger partial charge in [0.1, 0.15) is 0 Å². The average Bonchev–Trinajstić information content (AvgIpc) is 2.04. The molecule has 0 saturated heterocycles. The van der Waals surface area contributed by atoms with E-state index in [2.05, 4.69) is 10.3 Å². The van der Waals surface area contributed by atoms with E-state index in [9.17, 15) is 0 Å². The summed E-state index contributed by atoms with van der Waals surface area (Å²) in [6.45, 7) is 6.58. The van der Waals surface area contributed by atoms with Crippen molar-refractivity contribution in [3.8, 4) is 0 Å². The summed E-state index contributed by atoms with van der Waals surface area (Å²) in [4.78, 5) is 3.78. The van der Waals surface area contributed by atoms with Gasteiger partial charge in [-0.15, -0.1) is 0 Å². The standard InChI is InChI=1S/C5H12N2O.C2H6/c1-4-8-5(6-2)7-3;1-2/h4H2,1-3H3,(H,6,7);1-2H3. The molecule has 0 aromatic carbocycles. The van der Waals surface area contributed by atoms with Gasteiger partial charge in [-0.3, -0.25) is 0 Å². The maximum atomic E-state index is 4.98. The third-order valence-corrected chi connectivity index (χ3v) is 0.698. The van der Waals surface area contributed by atoms with Crippen LogP contribution in [0.3, 0.4) is 0 Å². The number of nitrogens with zero attached hydrogens (tertiary/aromatic N) is 1. The van der Waals surface area contributed by atoms with Crippen LogP contribution >= 0.6 is 0 Å². The highest BCUT2D eigenvalue weighted by Crippen LogP contribution is 1.73. The van der Waals surface area contributed by atoms with E-state index >= 15 is 0 Å². The van der Waals surface area contributed by atoms with E-state index < -0.39 is 0 Å². The van der Waals surface area contributed by atoms with Crippen LogP contribution < -0.4 is 5.32 Å². The molecule has 0 bridgehead atoms. The van der Waals surface area contributed by atoms with Gasteiger partial charge in [0.05, 0.1) is 6.61 Å². The first-order valence-corrected chi connectivity index (χ1v) is 3.62. The van der Waals surface area contributed by atoms with Gasteiger partial charge < -0.3 is 10.1 Å². The Balaban J connectivity index is 0. The third-order valence-electron chi connectivity index (χ3n) is 0.698. The summed E-state index contributed by atoms with van der Waals surface area (Å²) in [5.74, 6) is 0. The molecular weight excluding hydrogens is 128 g/mol. The number of ether oxygens (including phenoxy) is 1. The van der Waals surface area contributed by atoms with Crippen LogP contribution in [-0.4, -0.2) is 26.7 Å². The average molecular weight is 146 g/mol. The Kier molecular flexibility index (Phi) is 13.3. The second-order valence-electron chi connectivity index (χ2n) is 1.21. The summed E-state index contributed by atoms with van der Waals surface area (Å²) in [5, 5.41) is 2.78. The lowest BCUT2D eigenvalue weighted by atomic mass is 10.8. The van der Waals surface area contributed by atoms with Gasteiger partial charge in [0.25, 0.3) is 6.02 Å². The van der Waals surface area contributed by atoms with Crippen molar-refractivity contribution in [3.63, 3.8) is 0 Å². The molecule has 3 nitrogen and oxygen atoms in total. The first kappa shape index (κ1) is 12.0. The highest BCUT2D eigenvalue weighted by molar-refractivity contribution is 5.72. The minimum absolute atomic E-state index is 0.590. The Morgan fingerprint density at radius 3 is 2.10 bits per heavy atom. The quantitative estimate of drug-likeness (QED) is 0.446. The normalized spacial score (nSPS) is 9.50. The van der Waals surface area contributed by atoms with E-state index in [4.69, 9.17) is 4.74 Å². The molecule has 0 spiro atoms. The lowest BCUT2D eigenvalue weighted by molar-refractivity contribution is 0.313. The van der Waals surface area contributed by atoms with Crippen LogP contribution in [0, 0.1) is 0 Å². The topological polar surface area (TPSA) is 33.6 Å². The fourth-order valence-electron chi connectivity index (χ4n) is 0.385. The Labute approximate surface area is 63.5 Å². The van der Waals surface area contributed by atoms with Gasteiger partial charge in [0, 0.05) is 14.1 Å². The smallest absolute Gasteiger partial charge is 0.284 e. The van der Waals surface area contributed by atoms with Gasteiger partial charge in [-0.1, -0.05) is 13.8 Å². The zero-order chi connectivity index (χ0) is 8.41. The molecule has 62 valence electrons. The maximum Gasteiger partial charge on any atom is 0.284 e. The van der Waals surface area contributed by atoms with Crippen molar-refractivity contribution in [2.75, 3.05) is 20.7 Å². The van der Waals surface area contributed by atoms with Crippen molar-refractivity contribution in [3.05, 3.63) is 0 Å². The molecule has 0 radical (unpaired) electrons. The van der Waals surface area contributed by atoms with Gasteiger partial charge >= 0.3 is 0 Å². The SMILES string of the molecule is CC.CCOC(=NC)NC. The molecule has 0 aliphatic carbocycles. The second kappa shape index (κ2) is 11.1. The van der Waals surface area contributed by atoms with Gasteiger partial charge in [-0.2, -0.15) is 0 Å². The van der Waals surface area contributed by atoms with Crippen LogP contribution in [0.4, 0.5) is 0 Å². The molecule has 1 N–H and O–H groups in total. The summed E-state index contributed by atoms with van der Waals surface area (Å²) < 4.78 is 4.98. The van der Waals surface area contributed by atoms with Gasteiger partial charge in [0.2, 0.25) is 0 Å². The molecule has 0 amide bonds. The number of hydrogen-bond acceptors (Lipinski definition) is 2. The first-order chi connectivity index (χ1) is 4.85.